The Balaban J connectivity index is 1.24. The highest BCUT2D eigenvalue weighted by molar-refractivity contribution is 6.01. The van der Waals surface area contributed by atoms with Crippen LogP contribution in [0.25, 0.3) is 40.0 Å². The van der Waals surface area contributed by atoms with Crippen molar-refractivity contribution >= 4 is 34.5 Å². The summed E-state index contributed by atoms with van der Waals surface area (Å²) in [5.41, 5.74) is 4.53. The molecule has 1 N–H and O–H groups in total. The number of nitrogens with zero attached hydrogens (tertiary/aromatic N) is 2. The van der Waals surface area contributed by atoms with Gasteiger partial charge in [0.25, 0.3) is 5.69 Å². The number of para-hydroxylation sites is 1. The zero-order valence-corrected chi connectivity index (χ0v) is 20.9. The number of nitro benzene ring substituents is 1. The monoisotopic (exact) mass is 507 g/mol. The minimum atomic E-state index is -0.458. The zero-order chi connectivity index (χ0) is 26.6. The number of carbonyl (C=O) groups is 1. The van der Waals surface area contributed by atoms with Gasteiger partial charge < -0.3 is 14.2 Å². The van der Waals surface area contributed by atoms with Gasteiger partial charge in [-0.05, 0) is 78.6 Å². The van der Waals surface area contributed by atoms with Crippen LogP contribution in [0.2, 0.25) is 0 Å². The molecule has 0 saturated carbocycles. The molecule has 0 aliphatic carbocycles. The normalized spacial score (nSPS) is 12.2. The van der Waals surface area contributed by atoms with Gasteiger partial charge in [0, 0.05) is 23.4 Å². The van der Waals surface area contributed by atoms with Gasteiger partial charge in [0.2, 0.25) is 11.8 Å². The summed E-state index contributed by atoms with van der Waals surface area (Å²) in [5.74, 6) is 1.38. The van der Waals surface area contributed by atoms with Crippen LogP contribution in [-0.2, 0) is 4.79 Å². The highest BCUT2D eigenvalue weighted by Crippen LogP contribution is 2.31. The summed E-state index contributed by atoms with van der Waals surface area (Å²) >= 11 is 0. The van der Waals surface area contributed by atoms with Crippen molar-refractivity contribution in [2.24, 2.45) is 0 Å². The second-order valence-electron chi connectivity index (χ2n) is 8.93. The number of furan rings is 1. The van der Waals surface area contributed by atoms with Gasteiger partial charge in [-0.15, -0.1) is 0 Å². The van der Waals surface area contributed by atoms with Crippen LogP contribution in [0.5, 0.6) is 0 Å². The van der Waals surface area contributed by atoms with E-state index in [-0.39, 0.29) is 11.6 Å². The van der Waals surface area contributed by atoms with Gasteiger partial charge in [0.05, 0.1) is 10.5 Å². The molecule has 0 fully saturated rings. The molecule has 0 unspecified atom stereocenters. The number of aromatic nitrogens is 1. The Morgan fingerprint density at radius 2 is 1.84 bits per heavy atom. The number of nitro groups is 1. The van der Waals surface area contributed by atoms with Crippen molar-refractivity contribution in [1.82, 2.24) is 4.98 Å². The molecule has 5 rings (SSSR count). The van der Waals surface area contributed by atoms with E-state index in [2.05, 4.69) is 36.3 Å². The minimum Gasteiger partial charge on any atom is -0.456 e. The van der Waals surface area contributed by atoms with Gasteiger partial charge >= 0.3 is 0 Å². The Morgan fingerprint density at radius 3 is 2.61 bits per heavy atom. The van der Waals surface area contributed by atoms with Gasteiger partial charge in [0.1, 0.15) is 17.0 Å². The van der Waals surface area contributed by atoms with E-state index in [0.717, 1.165) is 23.1 Å². The summed E-state index contributed by atoms with van der Waals surface area (Å²) in [6.45, 7) is 4.35. The quantitative estimate of drug-likeness (QED) is 0.130. The maximum absolute atomic E-state index is 12.4. The van der Waals surface area contributed by atoms with E-state index >= 15 is 0 Å². The summed E-state index contributed by atoms with van der Waals surface area (Å²) in [6.07, 6.45) is 3.90. The fraction of sp³-hybridized carbons (Fsp3) is 0.133. The van der Waals surface area contributed by atoms with E-state index in [9.17, 15) is 14.9 Å². The largest absolute Gasteiger partial charge is 0.456 e. The number of fused-ring (bicyclic) bond motifs is 1. The molecule has 2 heterocycles. The number of oxazole rings is 1. The third-order valence-corrected chi connectivity index (χ3v) is 6.38. The minimum absolute atomic E-state index is 0.0488. The molecule has 0 spiro atoms. The molecule has 38 heavy (non-hydrogen) atoms. The Kier molecular flexibility index (Phi) is 6.86. The second kappa shape index (κ2) is 10.6. The van der Waals surface area contributed by atoms with Crippen molar-refractivity contribution in [3.63, 3.8) is 0 Å². The number of amides is 1. The number of carbonyl (C=O) groups excluding carboxylic acids is 1. The predicted octanol–water partition coefficient (Wildman–Crippen LogP) is 7.83. The first-order valence-electron chi connectivity index (χ1n) is 12.2. The van der Waals surface area contributed by atoms with E-state index in [0.29, 0.717) is 34.6 Å². The van der Waals surface area contributed by atoms with Crippen LogP contribution in [0, 0.1) is 10.1 Å². The topological polar surface area (TPSA) is 111 Å². The molecule has 0 bridgehead atoms. The van der Waals surface area contributed by atoms with E-state index in [4.69, 9.17) is 8.83 Å². The molecule has 8 heteroatoms. The first kappa shape index (κ1) is 24.7. The Labute approximate surface area is 218 Å². The summed E-state index contributed by atoms with van der Waals surface area (Å²) in [5, 5.41) is 14.1. The van der Waals surface area contributed by atoms with Gasteiger partial charge in [-0.3, -0.25) is 14.9 Å². The molecule has 0 aliphatic rings. The fourth-order valence-corrected chi connectivity index (χ4v) is 4.08. The first-order valence-corrected chi connectivity index (χ1v) is 12.2. The highest BCUT2D eigenvalue weighted by atomic mass is 16.6. The average Bonchev–Trinajstić information content (AvgIpc) is 3.59. The van der Waals surface area contributed by atoms with Crippen LogP contribution < -0.4 is 5.32 Å². The number of hydrogen-bond acceptors (Lipinski definition) is 6. The Hall–Kier alpha value is -4.98. The van der Waals surface area contributed by atoms with Crippen LogP contribution >= 0.6 is 0 Å². The third kappa shape index (κ3) is 5.24. The van der Waals surface area contributed by atoms with Crippen LogP contribution in [0.1, 0.15) is 37.5 Å². The van der Waals surface area contributed by atoms with E-state index in [1.807, 2.05) is 18.2 Å². The number of hydrogen-bond donors (Lipinski definition) is 1. The predicted molar refractivity (Wildman–Crippen MR) is 147 cm³/mol. The van der Waals surface area contributed by atoms with E-state index in [1.165, 1.54) is 23.8 Å². The standard InChI is InChI=1S/C30H25N3O5/c1-3-19(2)21-10-15-28-25(18-21)32-30(38-28)20-8-11-22(12-9-20)31-29(34)17-14-23-13-16-27(37-23)24-6-4-5-7-26(24)33(35)36/h4-19H,3H2,1-2H3,(H,31,34)/b17-14+/t19-/m1/s1. The summed E-state index contributed by atoms with van der Waals surface area (Å²) in [7, 11) is 0. The Bertz CT molecular complexity index is 1650. The smallest absolute Gasteiger partial charge is 0.280 e. The molecular formula is C30H25N3O5. The molecule has 0 aliphatic heterocycles. The van der Waals surface area contributed by atoms with Crippen LogP contribution in [0.4, 0.5) is 11.4 Å². The SMILES string of the molecule is CC[C@@H](C)c1ccc2oc(-c3ccc(NC(=O)/C=C/c4ccc(-c5ccccc5[N+](=O)[O-])o4)cc3)nc2c1. The first-order chi connectivity index (χ1) is 18.4. The van der Waals surface area contributed by atoms with Crippen molar-refractivity contribution in [3.05, 3.63) is 106 Å². The maximum Gasteiger partial charge on any atom is 0.280 e. The van der Waals surface area contributed by atoms with Crippen LogP contribution in [0.15, 0.2) is 93.8 Å². The molecule has 1 atom stereocenters. The molecule has 8 nitrogen and oxygen atoms in total. The fourth-order valence-electron chi connectivity index (χ4n) is 4.08. The molecule has 2 aromatic heterocycles. The Morgan fingerprint density at radius 1 is 1.05 bits per heavy atom. The van der Waals surface area contributed by atoms with Crippen molar-refractivity contribution in [2.75, 3.05) is 5.32 Å². The lowest BCUT2D eigenvalue weighted by atomic mass is 9.98. The van der Waals surface area contributed by atoms with Gasteiger partial charge in [0.15, 0.2) is 5.58 Å². The third-order valence-electron chi connectivity index (χ3n) is 6.38. The summed E-state index contributed by atoms with van der Waals surface area (Å²) in [6, 6.07) is 23.0. The summed E-state index contributed by atoms with van der Waals surface area (Å²) < 4.78 is 11.6. The lowest BCUT2D eigenvalue weighted by Gasteiger charge is -2.07. The van der Waals surface area contributed by atoms with E-state index < -0.39 is 4.92 Å². The molecule has 3 aromatic carbocycles. The van der Waals surface area contributed by atoms with Crippen molar-refractivity contribution in [3.8, 4) is 22.8 Å². The second-order valence-corrected chi connectivity index (χ2v) is 8.93. The van der Waals surface area contributed by atoms with Crippen LogP contribution in [0.3, 0.4) is 0 Å². The van der Waals surface area contributed by atoms with Crippen molar-refractivity contribution < 1.29 is 18.6 Å². The molecule has 0 saturated heterocycles. The van der Waals surface area contributed by atoms with E-state index in [1.54, 1.807) is 42.5 Å². The van der Waals surface area contributed by atoms with Crippen LogP contribution in [-0.4, -0.2) is 15.8 Å². The number of benzene rings is 3. The number of anilines is 1. The number of rotatable bonds is 8. The molecule has 5 aromatic rings. The van der Waals surface area contributed by atoms with Crippen molar-refractivity contribution in [2.45, 2.75) is 26.2 Å². The molecule has 0 radical (unpaired) electrons. The highest BCUT2D eigenvalue weighted by Gasteiger charge is 2.17. The molecule has 190 valence electrons. The summed E-state index contributed by atoms with van der Waals surface area (Å²) in [4.78, 5) is 27.9. The molecular weight excluding hydrogens is 482 g/mol. The number of nitrogens with one attached hydrogen (secondary N) is 1. The molecule has 1 amide bonds. The lowest BCUT2D eigenvalue weighted by Crippen LogP contribution is -2.07. The maximum atomic E-state index is 12.4. The lowest BCUT2D eigenvalue weighted by molar-refractivity contribution is -0.384. The van der Waals surface area contributed by atoms with Gasteiger partial charge in [-0.25, -0.2) is 4.98 Å². The average molecular weight is 508 g/mol. The zero-order valence-electron chi connectivity index (χ0n) is 20.9. The van der Waals surface area contributed by atoms with Gasteiger partial charge in [-0.1, -0.05) is 32.0 Å². The van der Waals surface area contributed by atoms with Gasteiger partial charge in [-0.2, -0.15) is 0 Å². The van der Waals surface area contributed by atoms with Crippen molar-refractivity contribution in [1.29, 1.82) is 0 Å².